The van der Waals surface area contributed by atoms with Crippen molar-refractivity contribution >= 4 is 17.7 Å². The van der Waals surface area contributed by atoms with Gasteiger partial charge in [-0.25, -0.2) is 9.78 Å². The number of fused-ring (bicyclic) bond motifs is 1. The Bertz CT molecular complexity index is 545. The Morgan fingerprint density at radius 1 is 1.38 bits per heavy atom. The van der Waals surface area contributed by atoms with Crippen molar-refractivity contribution in [3.63, 3.8) is 0 Å². The van der Waals surface area contributed by atoms with Gasteiger partial charge in [-0.1, -0.05) is 0 Å². The van der Waals surface area contributed by atoms with Crippen LogP contribution < -0.4 is 11.1 Å². The number of hydrogen-bond acceptors (Lipinski definition) is 5. The van der Waals surface area contributed by atoms with Gasteiger partial charge >= 0.3 is 5.97 Å². The highest BCUT2D eigenvalue weighted by molar-refractivity contribution is 5.97. The van der Waals surface area contributed by atoms with Gasteiger partial charge in [0.1, 0.15) is 12.4 Å². The van der Waals surface area contributed by atoms with Crippen LogP contribution in [0.25, 0.3) is 0 Å². The molecule has 0 atom stereocenters. The minimum absolute atomic E-state index is 0.212. The molecule has 4 N–H and O–H groups in total. The molecule has 1 heterocycles. The molecule has 0 radical (unpaired) electrons. The zero-order valence-corrected chi connectivity index (χ0v) is 11.7. The maximum absolute atomic E-state index is 11.5. The maximum atomic E-state index is 11.5. The van der Waals surface area contributed by atoms with E-state index < -0.39 is 11.9 Å². The van der Waals surface area contributed by atoms with E-state index in [4.69, 9.17) is 15.6 Å². The lowest BCUT2D eigenvalue weighted by Crippen LogP contribution is -2.21. The van der Waals surface area contributed by atoms with E-state index in [1.807, 2.05) is 6.07 Å². The summed E-state index contributed by atoms with van der Waals surface area (Å²) in [7, 11) is 0. The summed E-state index contributed by atoms with van der Waals surface area (Å²) in [5, 5.41) is 11.4. The second-order valence-electron chi connectivity index (χ2n) is 4.93. The van der Waals surface area contributed by atoms with Crippen LogP contribution in [0, 0.1) is 0 Å². The zero-order valence-electron chi connectivity index (χ0n) is 11.7. The van der Waals surface area contributed by atoms with Crippen molar-refractivity contribution in [2.75, 3.05) is 25.1 Å². The van der Waals surface area contributed by atoms with Gasteiger partial charge in [0.05, 0.1) is 12.2 Å². The summed E-state index contributed by atoms with van der Waals surface area (Å²) in [6.45, 7) is 0.227. The number of nitrogens with two attached hydrogens (primary N) is 1. The highest BCUT2D eigenvalue weighted by Crippen LogP contribution is 2.24. The van der Waals surface area contributed by atoms with Crippen LogP contribution in [0.3, 0.4) is 0 Å². The number of carboxylic acid groups (broad SMARTS) is 1. The summed E-state index contributed by atoms with van der Waals surface area (Å²) < 4.78 is 4.92. The minimum Gasteiger partial charge on any atom is -0.480 e. The van der Waals surface area contributed by atoms with Gasteiger partial charge in [0, 0.05) is 12.2 Å². The molecule has 1 amide bonds. The van der Waals surface area contributed by atoms with E-state index in [0.717, 1.165) is 36.9 Å². The molecule has 7 nitrogen and oxygen atoms in total. The molecule has 1 aromatic rings. The number of pyridine rings is 1. The number of rotatable bonds is 7. The van der Waals surface area contributed by atoms with E-state index in [0.29, 0.717) is 17.9 Å². The first-order chi connectivity index (χ1) is 10.1. The molecule has 1 aliphatic rings. The van der Waals surface area contributed by atoms with Crippen molar-refractivity contribution in [3.05, 3.63) is 22.9 Å². The largest absolute Gasteiger partial charge is 0.480 e. The molecule has 0 bridgehead atoms. The molecule has 1 aliphatic carbocycles. The standard InChI is InChI=1S/C14H19N3O4/c15-13(20)10-7-9-3-1-2-4-11(9)17-14(10)16-5-6-21-8-12(18)19/h7H,1-6,8H2,(H2,15,20)(H,16,17)(H,18,19). The third-order valence-electron chi connectivity index (χ3n) is 3.33. The predicted octanol–water partition coefficient (Wildman–Crippen LogP) is 0.572. The fourth-order valence-corrected chi connectivity index (χ4v) is 2.36. The fourth-order valence-electron chi connectivity index (χ4n) is 2.36. The van der Waals surface area contributed by atoms with E-state index in [9.17, 15) is 9.59 Å². The van der Waals surface area contributed by atoms with E-state index in [1.54, 1.807) is 0 Å². The summed E-state index contributed by atoms with van der Waals surface area (Å²) in [4.78, 5) is 26.3. The normalized spacial score (nSPS) is 13.5. The van der Waals surface area contributed by atoms with Crippen LogP contribution in [-0.4, -0.2) is 41.7 Å². The van der Waals surface area contributed by atoms with Gasteiger partial charge in [0.25, 0.3) is 5.91 Å². The average molecular weight is 293 g/mol. The number of nitrogens with zero attached hydrogens (tertiary/aromatic N) is 1. The number of hydrogen-bond donors (Lipinski definition) is 3. The lowest BCUT2D eigenvalue weighted by Gasteiger charge is -2.18. The smallest absolute Gasteiger partial charge is 0.329 e. The Labute approximate surface area is 122 Å². The number of nitrogens with one attached hydrogen (secondary N) is 1. The van der Waals surface area contributed by atoms with Crippen LogP contribution in [0.15, 0.2) is 6.07 Å². The van der Waals surface area contributed by atoms with Gasteiger partial charge in [-0.15, -0.1) is 0 Å². The summed E-state index contributed by atoms with van der Waals surface area (Å²) in [5.74, 6) is -1.09. The Balaban J connectivity index is 2.03. The molecule has 0 saturated carbocycles. The topological polar surface area (TPSA) is 115 Å². The van der Waals surface area contributed by atoms with Crippen molar-refractivity contribution in [2.24, 2.45) is 5.73 Å². The SMILES string of the molecule is NC(=O)c1cc2c(nc1NCCOCC(=O)O)CCCC2. The van der Waals surface area contributed by atoms with Crippen molar-refractivity contribution in [1.82, 2.24) is 4.98 Å². The third-order valence-corrected chi connectivity index (χ3v) is 3.33. The maximum Gasteiger partial charge on any atom is 0.329 e. The van der Waals surface area contributed by atoms with Crippen LogP contribution in [-0.2, 0) is 22.4 Å². The number of anilines is 1. The number of primary amides is 1. The molecule has 114 valence electrons. The molecule has 7 heteroatoms. The molecule has 21 heavy (non-hydrogen) atoms. The first-order valence-electron chi connectivity index (χ1n) is 6.94. The number of aliphatic carboxylic acids is 1. The van der Waals surface area contributed by atoms with E-state index >= 15 is 0 Å². The predicted molar refractivity (Wildman–Crippen MR) is 76.3 cm³/mol. The van der Waals surface area contributed by atoms with Crippen molar-refractivity contribution in [1.29, 1.82) is 0 Å². The van der Waals surface area contributed by atoms with Gasteiger partial charge < -0.3 is 20.9 Å². The Kier molecular flexibility index (Phi) is 5.10. The Morgan fingerprint density at radius 3 is 2.86 bits per heavy atom. The number of carboxylic acids is 1. The number of aryl methyl sites for hydroxylation is 2. The second kappa shape index (κ2) is 7.03. The lowest BCUT2D eigenvalue weighted by atomic mass is 9.94. The highest BCUT2D eigenvalue weighted by Gasteiger charge is 2.17. The summed E-state index contributed by atoms with van der Waals surface area (Å²) in [6, 6.07) is 1.81. The van der Waals surface area contributed by atoms with Crippen molar-refractivity contribution < 1.29 is 19.4 Å². The number of amides is 1. The van der Waals surface area contributed by atoms with Crippen molar-refractivity contribution in [2.45, 2.75) is 25.7 Å². The first-order valence-corrected chi connectivity index (χ1v) is 6.94. The average Bonchev–Trinajstić information content (AvgIpc) is 2.45. The van der Waals surface area contributed by atoms with Gasteiger partial charge in [-0.05, 0) is 37.3 Å². The number of ether oxygens (including phenoxy) is 1. The van der Waals surface area contributed by atoms with Gasteiger partial charge in [0.2, 0.25) is 0 Å². The van der Waals surface area contributed by atoms with Crippen LogP contribution in [0.1, 0.15) is 34.5 Å². The minimum atomic E-state index is -1.01. The van der Waals surface area contributed by atoms with E-state index in [2.05, 4.69) is 10.3 Å². The molecular formula is C14H19N3O4. The van der Waals surface area contributed by atoms with E-state index in [1.165, 1.54) is 0 Å². The number of carbonyl (C=O) groups excluding carboxylic acids is 1. The molecule has 0 aliphatic heterocycles. The molecule has 0 fully saturated rings. The molecule has 2 rings (SSSR count). The molecule has 0 unspecified atom stereocenters. The van der Waals surface area contributed by atoms with Gasteiger partial charge in [0.15, 0.2) is 0 Å². The van der Waals surface area contributed by atoms with Crippen molar-refractivity contribution in [3.8, 4) is 0 Å². The summed E-state index contributed by atoms with van der Waals surface area (Å²) in [6.07, 6.45) is 4.02. The molecule has 0 saturated heterocycles. The van der Waals surface area contributed by atoms with Gasteiger partial charge in [-0.3, -0.25) is 4.79 Å². The quantitative estimate of drug-likeness (QED) is 0.633. The molecular weight excluding hydrogens is 274 g/mol. The second-order valence-corrected chi connectivity index (χ2v) is 4.93. The van der Waals surface area contributed by atoms with Gasteiger partial charge in [-0.2, -0.15) is 0 Å². The molecule has 1 aromatic heterocycles. The zero-order chi connectivity index (χ0) is 15.2. The third kappa shape index (κ3) is 4.16. The first kappa shape index (κ1) is 15.2. The summed E-state index contributed by atoms with van der Waals surface area (Å²) in [5.41, 5.74) is 7.85. The van der Waals surface area contributed by atoms with Crippen LogP contribution in [0.4, 0.5) is 5.82 Å². The number of aromatic nitrogens is 1. The lowest BCUT2D eigenvalue weighted by molar-refractivity contribution is -0.142. The highest BCUT2D eigenvalue weighted by atomic mass is 16.5. The van der Waals surface area contributed by atoms with E-state index in [-0.39, 0.29) is 13.2 Å². The van der Waals surface area contributed by atoms with Crippen LogP contribution in [0.2, 0.25) is 0 Å². The fraction of sp³-hybridized carbons (Fsp3) is 0.500. The molecule has 0 spiro atoms. The Morgan fingerprint density at radius 2 is 2.14 bits per heavy atom. The monoisotopic (exact) mass is 293 g/mol. The molecule has 0 aromatic carbocycles. The van der Waals surface area contributed by atoms with Crippen LogP contribution in [0.5, 0.6) is 0 Å². The summed E-state index contributed by atoms with van der Waals surface area (Å²) >= 11 is 0. The Hall–Kier alpha value is -2.15. The van der Waals surface area contributed by atoms with Crippen LogP contribution >= 0.6 is 0 Å². The number of carbonyl (C=O) groups is 2.